The third kappa shape index (κ3) is 4.15. The van der Waals surface area contributed by atoms with Crippen LogP contribution in [0.4, 0.5) is 4.79 Å². The van der Waals surface area contributed by atoms with E-state index in [9.17, 15) is 4.79 Å². The number of rotatable bonds is 2. The van der Waals surface area contributed by atoms with Crippen LogP contribution < -0.4 is 5.32 Å². The van der Waals surface area contributed by atoms with E-state index in [1.54, 1.807) is 7.05 Å². The maximum atomic E-state index is 11.0. The lowest BCUT2D eigenvalue weighted by Gasteiger charge is -2.33. The summed E-state index contributed by atoms with van der Waals surface area (Å²) in [5.74, 6) is 0.331. The highest BCUT2D eigenvalue weighted by atomic mass is 16.6. The molecule has 0 saturated carbocycles. The van der Waals surface area contributed by atoms with Crippen LogP contribution in [0.15, 0.2) is 0 Å². The lowest BCUT2D eigenvalue weighted by Crippen LogP contribution is -2.38. The van der Waals surface area contributed by atoms with Crippen LogP contribution in [-0.4, -0.2) is 19.2 Å². The normalized spacial score (nSPS) is 14.1. The van der Waals surface area contributed by atoms with Crippen molar-refractivity contribution < 1.29 is 9.53 Å². The van der Waals surface area contributed by atoms with Gasteiger partial charge in [0.15, 0.2) is 0 Å². The van der Waals surface area contributed by atoms with Crippen LogP contribution in [0.2, 0.25) is 0 Å². The van der Waals surface area contributed by atoms with Gasteiger partial charge in [0.25, 0.3) is 0 Å². The highest BCUT2D eigenvalue weighted by molar-refractivity contribution is 5.66. The van der Waals surface area contributed by atoms with Crippen molar-refractivity contribution in [3.05, 3.63) is 0 Å². The molecule has 0 radical (unpaired) electrons. The van der Waals surface area contributed by atoms with Gasteiger partial charge in [-0.2, -0.15) is 0 Å². The van der Waals surface area contributed by atoms with E-state index in [-0.39, 0.29) is 17.6 Å². The molecule has 0 aliphatic rings. The largest absolute Gasteiger partial charge is 0.445 e. The van der Waals surface area contributed by atoms with Crippen LogP contribution in [0, 0.1) is 11.3 Å². The van der Waals surface area contributed by atoms with E-state index in [1.165, 1.54) is 0 Å². The standard InChI is InChI=1S/C10H21NO2/c1-7(2)8(10(3,4)5)13-9(12)11-6/h7-8H,1-6H3,(H,11,12). The molecule has 13 heavy (non-hydrogen) atoms. The maximum Gasteiger partial charge on any atom is 0.407 e. The van der Waals surface area contributed by atoms with Crippen LogP contribution in [-0.2, 0) is 4.74 Å². The SMILES string of the molecule is CNC(=O)OC(C(C)C)C(C)(C)C. The number of carbonyl (C=O) groups excluding carboxylic acids is 1. The topological polar surface area (TPSA) is 38.3 Å². The van der Waals surface area contributed by atoms with Gasteiger partial charge in [-0.25, -0.2) is 4.79 Å². The summed E-state index contributed by atoms with van der Waals surface area (Å²) in [7, 11) is 1.57. The summed E-state index contributed by atoms with van der Waals surface area (Å²) in [5, 5.41) is 2.46. The van der Waals surface area contributed by atoms with E-state index in [1.807, 2.05) is 0 Å². The number of alkyl carbamates (subject to hydrolysis) is 1. The predicted molar refractivity (Wildman–Crippen MR) is 53.6 cm³/mol. The maximum absolute atomic E-state index is 11.0. The van der Waals surface area contributed by atoms with Gasteiger partial charge in [-0.05, 0) is 11.3 Å². The number of hydrogen-bond donors (Lipinski definition) is 1. The Morgan fingerprint density at radius 2 is 1.77 bits per heavy atom. The minimum Gasteiger partial charge on any atom is -0.445 e. The van der Waals surface area contributed by atoms with Gasteiger partial charge in [-0.3, -0.25) is 0 Å². The Bertz CT molecular complexity index is 170. The third-order valence-electron chi connectivity index (χ3n) is 1.90. The molecule has 0 aromatic heterocycles. The molecule has 1 unspecified atom stereocenters. The van der Waals surface area contributed by atoms with Crippen LogP contribution >= 0.6 is 0 Å². The lowest BCUT2D eigenvalue weighted by atomic mass is 9.82. The molecule has 0 spiro atoms. The van der Waals surface area contributed by atoms with Gasteiger partial charge in [0.1, 0.15) is 6.10 Å². The fraction of sp³-hybridized carbons (Fsp3) is 0.900. The summed E-state index contributed by atoms with van der Waals surface area (Å²) in [5.41, 5.74) is -0.0132. The molecule has 0 aliphatic heterocycles. The van der Waals surface area contributed by atoms with Gasteiger partial charge < -0.3 is 10.1 Å². The number of amides is 1. The third-order valence-corrected chi connectivity index (χ3v) is 1.90. The van der Waals surface area contributed by atoms with E-state index >= 15 is 0 Å². The van der Waals surface area contributed by atoms with Gasteiger partial charge in [-0.1, -0.05) is 34.6 Å². The Kier molecular flexibility index (Phi) is 4.24. The first-order chi connectivity index (χ1) is 5.79. The van der Waals surface area contributed by atoms with Gasteiger partial charge in [0.2, 0.25) is 0 Å². The second kappa shape index (κ2) is 4.49. The van der Waals surface area contributed by atoms with E-state index in [4.69, 9.17) is 4.74 Å². The van der Waals surface area contributed by atoms with Gasteiger partial charge in [0, 0.05) is 7.05 Å². The van der Waals surface area contributed by atoms with E-state index in [2.05, 4.69) is 39.9 Å². The molecule has 0 rings (SSSR count). The van der Waals surface area contributed by atoms with Gasteiger partial charge in [0.05, 0.1) is 0 Å². The first-order valence-corrected chi connectivity index (χ1v) is 4.67. The van der Waals surface area contributed by atoms with Gasteiger partial charge >= 0.3 is 6.09 Å². The fourth-order valence-electron chi connectivity index (χ4n) is 1.49. The molecule has 0 saturated heterocycles. The number of hydrogen-bond acceptors (Lipinski definition) is 2. The summed E-state index contributed by atoms with van der Waals surface area (Å²) >= 11 is 0. The number of carbonyl (C=O) groups is 1. The van der Waals surface area contributed by atoms with Crippen LogP contribution in [0.1, 0.15) is 34.6 Å². The van der Waals surface area contributed by atoms with Crippen LogP contribution in [0.5, 0.6) is 0 Å². The smallest absolute Gasteiger partial charge is 0.407 e. The summed E-state index contributed by atoms with van der Waals surface area (Å²) in [6.07, 6.45) is -0.402. The van der Waals surface area contributed by atoms with Crippen molar-refractivity contribution in [1.29, 1.82) is 0 Å². The van der Waals surface area contributed by atoms with Gasteiger partial charge in [-0.15, -0.1) is 0 Å². The molecular formula is C10H21NO2. The quantitative estimate of drug-likeness (QED) is 0.721. The van der Waals surface area contributed by atoms with E-state index < -0.39 is 0 Å². The van der Waals surface area contributed by atoms with Crippen molar-refractivity contribution >= 4 is 6.09 Å². The van der Waals surface area contributed by atoms with E-state index in [0.29, 0.717) is 5.92 Å². The molecule has 3 nitrogen and oxygen atoms in total. The summed E-state index contributed by atoms with van der Waals surface area (Å²) in [4.78, 5) is 11.0. The molecule has 0 bridgehead atoms. The average Bonchev–Trinajstić information content (AvgIpc) is 1.96. The number of ether oxygens (including phenoxy) is 1. The van der Waals surface area contributed by atoms with E-state index in [0.717, 1.165) is 0 Å². The Balaban J connectivity index is 4.36. The highest BCUT2D eigenvalue weighted by Crippen LogP contribution is 2.27. The first-order valence-electron chi connectivity index (χ1n) is 4.67. The predicted octanol–water partition coefficient (Wildman–Crippen LogP) is 2.41. The average molecular weight is 187 g/mol. The minimum atomic E-state index is -0.353. The second-order valence-corrected chi connectivity index (χ2v) is 4.69. The molecule has 0 aromatic rings. The molecule has 0 aromatic carbocycles. The molecule has 1 amide bonds. The molecule has 3 heteroatoms. The Hall–Kier alpha value is -0.730. The monoisotopic (exact) mass is 187 g/mol. The highest BCUT2D eigenvalue weighted by Gasteiger charge is 2.30. The summed E-state index contributed by atoms with van der Waals surface area (Å²) in [6.45, 7) is 10.3. The molecule has 1 atom stereocenters. The zero-order valence-corrected chi connectivity index (χ0v) is 9.47. The molecule has 1 N–H and O–H groups in total. The zero-order valence-electron chi connectivity index (χ0n) is 9.47. The fourth-order valence-corrected chi connectivity index (χ4v) is 1.49. The van der Waals surface area contributed by atoms with Crippen molar-refractivity contribution in [2.24, 2.45) is 11.3 Å². The molecule has 0 aliphatic carbocycles. The molecule has 0 heterocycles. The minimum absolute atomic E-state index is 0.0132. The van der Waals surface area contributed by atoms with Crippen molar-refractivity contribution in [2.75, 3.05) is 7.05 Å². The Labute approximate surface area is 80.8 Å². The lowest BCUT2D eigenvalue weighted by molar-refractivity contribution is 0.00291. The molecule has 78 valence electrons. The Morgan fingerprint density at radius 1 is 1.31 bits per heavy atom. The summed E-state index contributed by atoms with van der Waals surface area (Å²) in [6, 6.07) is 0. The number of nitrogens with one attached hydrogen (secondary N) is 1. The summed E-state index contributed by atoms with van der Waals surface area (Å²) < 4.78 is 5.28. The molecule has 0 fully saturated rings. The second-order valence-electron chi connectivity index (χ2n) is 4.69. The zero-order chi connectivity index (χ0) is 10.6. The molecular weight excluding hydrogens is 166 g/mol. The van der Waals surface area contributed by atoms with Crippen LogP contribution in [0.3, 0.4) is 0 Å². The Morgan fingerprint density at radius 3 is 2.00 bits per heavy atom. The first kappa shape index (κ1) is 12.3. The van der Waals surface area contributed by atoms with Crippen LogP contribution in [0.25, 0.3) is 0 Å². The van der Waals surface area contributed by atoms with Crippen molar-refractivity contribution in [3.8, 4) is 0 Å². The van der Waals surface area contributed by atoms with Crippen molar-refractivity contribution in [1.82, 2.24) is 5.32 Å². The van der Waals surface area contributed by atoms with Crippen molar-refractivity contribution in [2.45, 2.75) is 40.7 Å². The van der Waals surface area contributed by atoms with Crippen molar-refractivity contribution in [3.63, 3.8) is 0 Å².